The zero-order valence-electron chi connectivity index (χ0n) is 14.9. The minimum atomic E-state index is -0.432. The quantitative estimate of drug-likeness (QED) is 0.481. The summed E-state index contributed by atoms with van der Waals surface area (Å²) in [6.45, 7) is 0.191. The lowest BCUT2D eigenvalue weighted by Gasteiger charge is -2.07. The van der Waals surface area contributed by atoms with Crippen molar-refractivity contribution in [3.8, 4) is 0 Å². The molecule has 0 unspecified atom stereocenters. The van der Waals surface area contributed by atoms with Crippen molar-refractivity contribution < 1.29 is 4.79 Å². The van der Waals surface area contributed by atoms with E-state index in [2.05, 4.69) is 36.5 Å². The molecule has 146 valence electrons. The first-order valence-corrected chi connectivity index (χ1v) is 9.75. The number of amides is 1. The number of carbonyl (C=O) groups is 1. The molecule has 0 spiro atoms. The summed E-state index contributed by atoms with van der Waals surface area (Å²) < 4.78 is 3.63. The van der Waals surface area contributed by atoms with Crippen LogP contribution in [0.5, 0.6) is 0 Å². The van der Waals surface area contributed by atoms with Gasteiger partial charge >= 0.3 is 0 Å². The maximum absolute atomic E-state index is 12.7. The van der Waals surface area contributed by atoms with Crippen molar-refractivity contribution in [2.24, 2.45) is 0 Å². The fourth-order valence-electron chi connectivity index (χ4n) is 2.80. The molecule has 10 heteroatoms. The van der Waals surface area contributed by atoms with Gasteiger partial charge in [-0.05, 0) is 42.0 Å². The molecule has 29 heavy (non-hydrogen) atoms. The number of halogens is 2. The predicted molar refractivity (Wildman–Crippen MR) is 113 cm³/mol. The Bertz CT molecular complexity index is 1250. The normalized spacial score (nSPS) is 11.0. The molecule has 0 atom stereocenters. The van der Waals surface area contributed by atoms with Crippen LogP contribution in [0, 0.1) is 0 Å². The van der Waals surface area contributed by atoms with Gasteiger partial charge in [-0.2, -0.15) is 0 Å². The first-order valence-electron chi connectivity index (χ1n) is 8.58. The molecule has 2 aromatic carbocycles. The molecule has 0 aliphatic rings. The lowest BCUT2D eigenvalue weighted by Crippen LogP contribution is -2.28. The topological polar surface area (TPSA) is 94.7 Å². The highest BCUT2D eigenvalue weighted by atomic mass is 79.9. The zero-order valence-corrected chi connectivity index (χ0v) is 17.3. The van der Waals surface area contributed by atoms with Crippen LogP contribution in [-0.4, -0.2) is 30.5 Å². The average molecular weight is 474 g/mol. The maximum atomic E-state index is 12.7. The van der Waals surface area contributed by atoms with Crippen molar-refractivity contribution in [2.45, 2.75) is 13.1 Å². The van der Waals surface area contributed by atoms with Crippen LogP contribution in [0.15, 0.2) is 64.1 Å². The van der Waals surface area contributed by atoms with Crippen molar-refractivity contribution in [2.75, 3.05) is 5.32 Å². The number of anilines is 1. The SMILES string of the molecule is O=C(Cn1cnc2c(nnn2Cc2cccc(Cl)c2)c1=O)Nc1ccc(Br)cc1. The number of aromatic nitrogens is 5. The van der Waals surface area contributed by atoms with E-state index in [-0.39, 0.29) is 18.0 Å². The molecule has 1 N–H and O–H groups in total. The molecule has 4 rings (SSSR count). The third-order valence-electron chi connectivity index (χ3n) is 4.16. The number of rotatable bonds is 5. The summed E-state index contributed by atoms with van der Waals surface area (Å²) in [7, 11) is 0. The van der Waals surface area contributed by atoms with Gasteiger partial charge in [-0.3, -0.25) is 14.2 Å². The molecule has 2 aromatic heterocycles. The third-order valence-corrected chi connectivity index (χ3v) is 4.92. The smallest absolute Gasteiger partial charge is 0.283 e. The molecule has 1 amide bonds. The minimum absolute atomic E-state index is 0.103. The molecule has 0 radical (unpaired) electrons. The molecule has 0 aliphatic carbocycles. The number of benzene rings is 2. The first-order chi connectivity index (χ1) is 14.0. The van der Waals surface area contributed by atoms with Gasteiger partial charge in [0, 0.05) is 15.2 Å². The summed E-state index contributed by atoms with van der Waals surface area (Å²) in [6, 6.07) is 14.5. The van der Waals surface area contributed by atoms with Gasteiger partial charge in [0.25, 0.3) is 5.56 Å². The Morgan fingerprint density at radius 2 is 1.97 bits per heavy atom. The largest absolute Gasteiger partial charge is 0.325 e. The van der Waals surface area contributed by atoms with Crippen LogP contribution in [0.4, 0.5) is 5.69 Å². The summed E-state index contributed by atoms with van der Waals surface area (Å²) in [4.78, 5) is 29.2. The van der Waals surface area contributed by atoms with Crippen molar-refractivity contribution in [3.63, 3.8) is 0 Å². The molecule has 4 aromatic rings. The van der Waals surface area contributed by atoms with Crippen LogP contribution in [0.3, 0.4) is 0 Å². The van der Waals surface area contributed by atoms with E-state index in [9.17, 15) is 9.59 Å². The summed E-state index contributed by atoms with van der Waals surface area (Å²) in [5.74, 6) is -0.345. The minimum Gasteiger partial charge on any atom is -0.325 e. The van der Waals surface area contributed by atoms with Crippen LogP contribution in [-0.2, 0) is 17.9 Å². The number of nitrogens with zero attached hydrogens (tertiary/aromatic N) is 5. The lowest BCUT2D eigenvalue weighted by atomic mass is 10.2. The maximum Gasteiger partial charge on any atom is 0.283 e. The average Bonchev–Trinajstić information content (AvgIpc) is 3.09. The highest BCUT2D eigenvalue weighted by Gasteiger charge is 2.14. The van der Waals surface area contributed by atoms with Crippen LogP contribution in [0.2, 0.25) is 5.02 Å². The standard InChI is InChI=1S/C19H14BrClN6O2/c20-13-4-6-15(7-5-13)23-16(28)10-26-11-22-18-17(19(26)29)24-25-27(18)9-12-2-1-3-14(21)8-12/h1-8,11H,9-10H2,(H,23,28). The van der Waals surface area contributed by atoms with Gasteiger partial charge in [0.15, 0.2) is 11.2 Å². The monoisotopic (exact) mass is 472 g/mol. The van der Waals surface area contributed by atoms with Gasteiger partial charge in [0.05, 0.1) is 6.54 Å². The van der Waals surface area contributed by atoms with E-state index in [0.717, 1.165) is 10.0 Å². The van der Waals surface area contributed by atoms with Gasteiger partial charge in [0.2, 0.25) is 5.91 Å². The summed E-state index contributed by atoms with van der Waals surface area (Å²) in [6.07, 6.45) is 1.32. The number of hydrogen-bond acceptors (Lipinski definition) is 5. The van der Waals surface area contributed by atoms with Crippen LogP contribution in [0.25, 0.3) is 11.2 Å². The van der Waals surface area contributed by atoms with Gasteiger partial charge in [-0.1, -0.05) is 44.9 Å². The molecule has 2 heterocycles. The second-order valence-electron chi connectivity index (χ2n) is 6.28. The fourth-order valence-corrected chi connectivity index (χ4v) is 3.28. The van der Waals surface area contributed by atoms with Crippen LogP contribution < -0.4 is 10.9 Å². The Morgan fingerprint density at radius 1 is 1.17 bits per heavy atom. The van der Waals surface area contributed by atoms with E-state index >= 15 is 0 Å². The molecular weight excluding hydrogens is 460 g/mol. The first kappa shape index (κ1) is 19.3. The summed E-state index contributed by atoms with van der Waals surface area (Å²) >= 11 is 9.35. The fraction of sp³-hybridized carbons (Fsp3) is 0.105. The van der Waals surface area contributed by atoms with E-state index in [1.807, 2.05) is 30.3 Å². The van der Waals surface area contributed by atoms with Crippen molar-refractivity contribution in [1.82, 2.24) is 24.5 Å². The van der Waals surface area contributed by atoms with Crippen LogP contribution >= 0.6 is 27.5 Å². The van der Waals surface area contributed by atoms with Crippen molar-refractivity contribution in [3.05, 3.63) is 80.3 Å². The Morgan fingerprint density at radius 3 is 2.72 bits per heavy atom. The Labute approximate surface area is 178 Å². The molecular formula is C19H14BrClN6O2. The Balaban J connectivity index is 1.54. The van der Waals surface area contributed by atoms with E-state index in [0.29, 0.717) is 22.9 Å². The van der Waals surface area contributed by atoms with Gasteiger partial charge < -0.3 is 5.32 Å². The Kier molecular flexibility index (Phi) is 5.41. The molecule has 0 saturated heterocycles. The molecule has 8 nitrogen and oxygen atoms in total. The zero-order chi connectivity index (χ0) is 20.4. The number of nitrogens with one attached hydrogen (secondary N) is 1. The Hall–Kier alpha value is -3.04. The third kappa shape index (κ3) is 4.36. The van der Waals surface area contributed by atoms with E-state index < -0.39 is 5.56 Å². The second-order valence-corrected chi connectivity index (χ2v) is 7.63. The lowest BCUT2D eigenvalue weighted by molar-refractivity contribution is -0.116. The van der Waals surface area contributed by atoms with Crippen LogP contribution in [0.1, 0.15) is 5.56 Å². The summed E-state index contributed by atoms with van der Waals surface area (Å²) in [5.41, 5.74) is 1.56. The molecule has 0 fully saturated rings. The summed E-state index contributed by atoms with van der Waals surface area (Å²) in [5, 5.41) is 11.3. The molecule has 0 bridgehead atoms. The van der Waals surface area contributed by atoms with Crippen molar-refractivity contribution >= 4 is 50.3 Å². The van der Waals surface area contributed by atoms with Gasteiger partial charge in [-0.25, -0.2) is 9.67 Å². The van der Waals surface area contributed by atoms with Gasteiger partial charge in [-0.15, -0.1) is 5.10 Å². The number of hydrogen-bond donors (Lipinski definition) is 1. The van der Waals surface area contributed by atoms with E-state index in [4.69, 9.17) is 11.6 Å². The number of carbonyl (C=O) groups excluding carboxylic acids is 1. The van der Waals surface area contributed by atoms with E-state index in [1.165, 1.54) is 15.6 Å². The highest BCUT2D eigenvalue weighted by molar-refractivity contribution is 9.10. The van der Waals surface area contributed by atoms with E-state index in [1.54, 1.807) is 18.2 Å². The molecule has 0 aliphatic heterocycles. The van der Waals surface area contributed by atoms with Crippen molar-refractivity contribution in [1.29, 1.82) is 0 Å². The predicted octanol–water partition coefficient (Wildman–Crippen LogP) is 3.09. The number of fused-ring (bicyclic) bond motifs is 1. The highest BCUT2D eigenvalue weighted by Crippen LogP contribution is 2.15. The van der Waals surface area contributed by atoms with Gasteiger partial charge in [0.1, 0.15) is 12.9 Å². The second kappa shape index (κ2) is 8.14. The molecule has 0 saturated carbocycles.